The van der Waals surface area contributed by atoms with E-state index >= 15 is 0 Å². The molecule has 2 saturated heterocycles. The zero-order chi connectivity index (χ0) is 22.2. The first-order chi connectivity index (χ1) is 14.8. The van der Waals surface area contributed by atoms with Gasteiger partial charge in [0.05, 0.1) is 15.5 Å². The van der Waals surface area contributed by atoms with Gasteiger partial charge >= 0.3 is 0 Å². The lowest BCUT2D eigenvalue weighted by Gasteiger charge is -2.37. The Balaban J connectivity index is 1.51. The van der Waals surface area contributed by atoms with Crippen LogP contribution >= 0.6 is 11.6 Å². The van der Waals surface area contributed by atoms with E-state index in [0.717, 1.165) is 25.9 Å². The molecule has 0 aliphatic carbocycles. The van der Waals surface area contributed by atoms with Crippen molar-refractivity contribution in [1.82, 2.24) is 9.21 Å². The van der Waals surface area contributed by atoms with Crippen LogP contribution in [0.4, 0.5) is 5.69 Å². The number of amides is 1. The highest BCUT2D eigenvalue weighted by molar-refractivity contribution is 7.89. The quantitative estimate of drug-likeness (QED) is 0.696. The van der Waals surface area contributed by atoms with Crippen molar-refractivity contribution >= 4 is 33.2 Å². The van der Waals surface area contributed by atoms with E-state index in [2.05, 4.69) is 36.9 Å². The molecule has 0 spiro atoms. The highest BCUT2D eigenvalue weighted by Crippen LogP contribution is 2.28. The number of anilines is 1. The van der Waals surface area contributed by atoms with Crippen molar-refractivity contribution in [3.63, 3.8) is 0 Å². The number of carbonyl (C=O) groups is 1. The Labute approximate surface area is 189 Å². The summed E-state index contributed by atoms with van der Waals surface area (Å²) in [6.07, 6.45) is 1.73. The van der Waals surface area contributed by atoms with E-state index in [1.165, 1.54) is 39.3 Å². The first-order valence-electron chi connectivity index (χ1n) is 10.7. The van der Waals surface area contributed by atoms with Crippen molar-refractivity contribution in [2.45, 2.75) is 31.6 Å². The minimum Gasteiger partial charge on any atom is -0.368 e. The SMILES string of the molecule is Cc1cccc(N2CCN(C(=O)c3cc(S(=O)(=O)N4CCCC4)ccc3Cl)CC2)c1C. The van der Waals surface area contributed by atoms with Gasteiger partial charge in [-0.25, -0.2) is 8.42 Å². The topological polar surface area (TPSA) is 60.9 Å². The minimum absolute atomic E-state index is 0.135. The molecule has 6 nitrogen and oxygen atoms in total. The van der Waals surface area contributed by atoms with Gasteiger partial charge < -0.3 is 9.80 Å². The van der Waals surface area contributed by atoms with Crippen LogP contribution in [0.1, 0.15) is 34.3 Å². The Bertz CT molecular complexity index is 1090. The smallest absolute Gasteiger partial charge is 0.255 e. The van der Waals surface area contributed by atoms with Crippen LogP contribution in [0, 0.1) is 13.8 Å². The molecule has 0 bridgehead atoms. The average molecular weight is 462 g/mol. The molecule has 0 N–H and O–H groups in total. The van der Waals surface area contributed by atoms with Crippen molar-refractivity contribution in [3.8, 4) is 0 Å². The van der Waals surface area contributed by atoms with E-state index in [9.17, 15) is 13.2 Å². The highest BCUT2D eigenvalue weighted by atomic mass is 35.5. The van der Waals surface area contributed by atoms with Gasteiger partial charge in [-0.3, -0.25) is 4.79 Å². The van der Waals surface area contributed by atoms with Crippen LogP contribution in [-0.4, -0.2) is 62.8 Å². The van der Waals surface area contributed by atoms with Gasteiger partial charge in [0.2, 0.25) is 10.0 Å². The molecule has 8 heteroatoms. The molecular formula is C23H28ClN3O3S. The van der Waals surface area contributed by atoms with Crippen molar-refractivity contribution in [2.24, 2.45) is 0 Å². The maximum atomic E-state index is 13.2. The van der Waals surface area contributed by atoms with Crippen molar-refractivity contribution in [2.75, 3.05) is 44.2 Å². The van der Waals surface area contributed by atoms with Crippen LogP contribution in [0.3, 0.4) is 0 Å². The van der Waals surface area contributed by atoms with Crippen LogP contribution < -0.4 is 4.90 Å². The number of hydrogen-bond donors (Lipinski definition) is 0. The summed E-state index contributed by atoms with van der Waals surface area (Å²) in [6.45, 7) is 7.83. The second kappa shape index (κ2) is 8.81. The first kappa shape index (κ1) is 22.1. The van der Waals surface area contributed by atoms with Gasteiger partial charge in [-0.2, -0.15) is 4.31 Å². The third kappa shape index (κ3) is 4.31. The fourth-order valence-electron chi connectivity index (χ4n) is 4.31. The first-order valence-corrected chi connectivity index (χ1v) is 12.5. The van der Waals surface area contributed by atoms with Crippen LogP contribution in [0.25, 0.3) is 0 Å². The predicted octanol–water partition coefficient (Wildman–Crippen LogP) is 3.70. The summed E-state index contributed by atoms with van der Waals surface area (Å²) >= 11 is 6.32. The predicted molar refractivity (Wildman–Crippen MR) is 123 cm³/mol. The van der Waals surface area contributed by atoms with Gasteiger partial charge in [0.25, 0.3) is 5.91 Å². The number of nitrogens with zero attached hydrogens (tertiary/aromatic N) is 3. The van der Waals surface area contributed by atoms with Crippen LogP contribution in [0.2, 0.25) is 5.02 Å². The number of carbonyl (C=O) groups excluding carboxylic acids is 1. The van der Waals surface area contributed by atoms with Crippen molar-refractivity contribution < 1.29 is 13.2 Å². The van der Waals surface area contributed by atoms with Crippen LogP contribution in [-0.2, 0) is 10.0 Å². The molecule has 166 valence electrons. The second-order valence-corrected chi connectivity index (χ2v) is 10.6. The Hall–Kier alpha value is -2.09. The van der Waals surface area contributed by atoms with Gasteiger partial charge in [0.15, 0.2) is 0 Å². The van der Waals surface area contributed by atoms with Gasteiger partial charge in [0.1, 0.15) is 0 Å². The second-order valence-electron chi connectivity index (χ2n) is 8.25. The zero-order valence-electron chi connectivity index (χ0n) is 18.0. The number of piperazine rings is 1. The molecule has 0 radical (unpaired) electrons. The van der Waals surface area contributed by atoms with E-state index in [4.69, 9.17) is 11.6 Å². The van der Waals surface area contributed by atoms with Crippen LogP contribution in [0.15, 0.2) is 41.3 Å². The lowest BCUT2D eigenvalue weighted by atomic mass is 10.1. The molecule has 0 aromatic heterocycles. The van der Waals surface area contributed by atoms with E-state index in [1.807, 2.05) is 0 Å². The molecular weight excluding hydrogens is 434 g/mol. The maximum Gasteiger partial charge on any atom is 0.255 e. The number of halogens is 1. The lowest BCUT2D eigenvalue weighted by molar-refractivity contribution is 0.0746. The van der Waals surface area contributed by atoms with E-state index in [-0.39, 0.29) is 21.4 Å². The molecule has 1 amide bonds. The van der Waals surface area contributed by atoms with Gasteiger partial charge in [-0.1, -0.05) is 23.7 Å². The summed E-state index contributed by atoms with van der Waals surface area (Å²) in [4.78, 5) is 17.4. The molecule has 2 heterocycles. The van der Waals surface area contributed by atoms with E-state index < -0.39 is 10.0 Å². The third-order valence-corrected chi connectivity index (χ3v) is 8.58. The number of hydrogen-bond acceptors (Lipinski definition) is 4. The van der Waals surface area contributed by atoms with E-state index in [0.29, 0.717) is 26.2 Å². The molecule has 0 atom stereocenters. The fraction of sp³-hybridized carbons (Fsp3) is 0.435. The summed E-state index contributed by atoms with van der Waals surface area (Å²) in [7, 11) is -3.60. The highest BCUT2D eigenvalue weighted by Gasteiger charge is 2.30. The van der Waals surface area contributed by atoms with E-state index in [1.54, 1.807) is 4.90 Å². The summed E-state index contributed by atoms with van der Waals surface area (Å²) in [6, 6.07) is 10.7. The normalized spacial score (nSPS) is 17.9. The molecule has 0 saturated carbocycles. The Morgan fingerprint density at radius 1 is 0.935 bits per heavy atom. The number of sulfonamides is 1. The lowest BCUT2D eigenvalue weighted by Crippen LogP contribution is -2.49. The van der Waals surface area contributed by atoms with Gasteiger partial charge in [0, 0.05) is 45.0 Å². The molecule has 2 aliphatic heterocycles. The monoisotopic (exact) mass is 461 g/mol. The average Bonchev–Trinajstić information content (AvgIpc) is 3.31. The molecule has 2 fully saturated rings. The summed E-state index contributed by atoms with van der Waals surface area (Å²) < 4.78 is 27.3. The maximum absolute atomic E-state index is 13.2. The standard InChI is InChI=1S/C23H28ClN3O3S/c1-17-6-5-7-22(18(17)2)25-12-14-26(15-13-25)23(28)20-16-19(8-9-21(20)24)31(29,30)27-10-3-4-11-27/h5-9,16H,3-4,10-15H2,1-2H3. The molecule has 2 aliphatic rings. The summed E-state index contributed by atoms with van der Waals surface area (Å²) in [5.41, 5.74) is 3.95. The number of benzene rings is 2. The molecule has 31 heavy (non-hydrogen) atoms. The zero-order valence-corrected chi connectivity index (χ0v) is 19.5. The minimum atomic E-state index is -3.60. The van der Waals surface area contributed by atoms with Gasteiger partial charge in [-0.05, 0) is 62.1 Å². The molecule has 0 unspecified atom stereocenters. The summed E-state index contributed by atoms with van der Waals surface area (Å²) in [5.74, 6) is -0.218. The Morgan fingerprint density at radius 3 is 2.29 bits per heavy atom. The number of rotatable bonds is 4. The van der Waals surface area contributed by atoms with Crippen molar-refractivity contribution in [3.05, 3.63) is 58.1 Å². The summed E-state index contributed by atoms with van der Waals surface area (Å²) in [5, 5.41) is 0.280. The molecule has 2 aromatic carbocycles. The largest absolute Gasteiger partial charge is 0.368 e. The number of aryl methyl sites for hydroxylation is 1. The Morgan fingerprint density at radius 2 is 1.61 bits per heavy atom. The Kier molecular flexibility index (Phi) is 6.28. The van der Waals surface area contributed by atoms with Gasteiger partial charge in [-0.15, -0.1) is 0 Å². The fourth-order valence-corrected chi connectivity index (χ4v) is 6.05. The van der Waals surface area contributed by atoms with Crippen LogP contribution in [0.5, 0.6) is 0 Å². The van der Waals surface area contributed by atoms with Crippen molar-refractivity contribution in [1.29, 1.82) is 0 Å². The third-order valence-electron chi connectivity index (χ3n) is 6.35. The molecule has 4 rings (SSSR count). The molecule has 2 aromatic rings.